The fourth-order valence-electron chi connectivity index (χ4n) is 9.02. The van der Waals surface area contributed by atoms with Crippen molar-refractivity contribution in [2.75, 3.05) is 104 Å². The van der Waals surface area contributed by atoms with Gasteiger partial charge in [-0.2, -0.15) is 4.98 Å². The molecule has 2 atom stereocenters. The molecule has 5 amide bonds. The molecule has 5 aliphatic heterocycles. The molecule has 1 aromatic heterocycles. The van der Waals surface area contributed by atoms with Crippen molar-refractivity contribution >= 4 is 58.3 Å². The molecule has 18 heteroatoms. The second-order valence-electron chi connectivity index (χ2n) is 16.5. The number of imide groups is 1. The maximum Gasteiger partial charge on any atom is 0.320 e. The summed E-state index contributed by atoms with van der Waals surface area (Å²) in [5, 5.41) is 17.1. The summed E-state index contributed by atoms with van der Waals surface area (Å²) in [7, 11) is 1.80. The van der Waals surface area contributed by atoms with Crippen LogP contribution in [0, 0.1) is 18.7 Å². The third-order valence-electron chi connectivity index (χ3n) is 12.5. The Balaban J connectivity index is 0.818. The number of benzene rings is 2. The fraction of sp³-hybridized carbons (Fsp3) is 0.537. The Kier molecular flexibility index (Phi) is 11.7. The minimum Gasteiger partial charge on any atom is -0.373 e. The monoisotopic (exact) mass is 811 g/mol. The predicted molar refractivity (Wildman–Crippen MR) is 223 cm³/mol. The van der Waals surface area contributed by atoms with Crippen molar-refractivity contribution in [2.45, 2.75) is 57.5 Å². The van der Waals surface area contributed by atoms with Crippen molar-refractivity contribution in [1.29, 1.82) is 0 Å². The number of piperazine rings is 1. The first-order valence-corrected chi connectivity index (χ1v) is 20.8. The van der Waals surface area contributed by atoms with Crippen LogP contribution < -0.4 is 36.4 Å². The highest BCUT2D eigenvalue weighted by Crippen LogP contribution is 2.31. The van der Waals surface area contributed by atoms with Crippen molar-refractivity contribution in [3.8, 4) is 0 Å². The van der Waals surface area contributed by atoms with Gasteiger partial charge in [0.2, 0.25) is 17.8 Å². The fourth-order valence-corrected chi connectivity index (χ4v) is 9.02. The Morgan fingerprint density at radius 1 is 0.898 bits per heavy atom. The first-order valence-electron chi connectivity index (χ1n) is 20.8. The number of piperidine rings is 3. The molecule has 2 aromatic carbocycles. The van der Waals surface area contributed by atoms with Crippen molar-refractivity contribution in [3.05, 3.63) is 53.5 Å². The van der Waals surface area contributed by atoms with E-state index in [0.29, 0.717) is 75.4 Å². The van der Waals surface area contributed by atoms with Crippen molar-refractivity contribution in [3.63, 3.8) is 0 Å². The van der Waals surface area contributed by atoms with Crippen LogP contribution in [0.2, 0.25) is 0 Å². The van der Waals surface area contributed by atoms with Crippen LogP contribution in [0.5, 0.6) is 0 Å². The van der Waals surface area contributed by atoms with E-state index >= 15 is 4.39 Å². The number of nitrogens with zero attached hydrogens (tertiary/aromatic N) is 9. The number of aryl methyl sites for hydroxylation is 1. The molecule has 5 aliphatic rings. The van der Waals surface area contributed by atoms with E-state index < -0.39 is 11.9 Å². The molecule has 5 saturated heterocycles. The standard InChI is InChI=1S/C41H54FN13O4/c1-26-22-29(6-7-32(26)45-33-8-10-35(56)46-39(33)58)52-14-11-27(12-15-52)24-51-17-19-53(20-18-51)34-9-5-28(23-31(34)42)44-38-36(37(43)57)48-49-40(47-38)54-13-3-4-30(25-54)55-21-16-50(2)41(55)59/h5-7,9,22-23,27,30,33,45H,3-4,8,10-21,24-25H2,1-2H3,(H2,43,57)(H,44,47,49)(H,46,56,58)/t30-,33?/m1/s1. The van der Waals surface area contributed by atoms with Gasteiger partial charge in [0.15, 0.2) is 11.5 Å². The molecule has 0 bridgehead atoms. The minimum atomic E-state index is -0.801. The number of carbonyl (C=O) groups is 4. The van der Waals surface area contributed by atoms with Gasteiger partial charge >= 0.3 is 6.03 Å². The molecule has 0 radical (unpaired) electrons. The van der Waals surface area contributed by atoms with Gasteiger partial charge in [-0.15, -0.1) is 10.2 Å². The first-order chi connectivity index (χ1) is 28.5. The number of anilines is 6. The molecule has 314 valence electrons. The van der Waals surface area contributed by atoms with E-state index in [4.69, 9.17) is 5.73 Å². The van der Waals surface area contributed by atoms with Gasteiger partial charge in [0.1, 0.15) is 11.9 Å². The number of halogens is 1. The van der Waals surface area contributed by atoms with Gasteiger partial charge in [0.05, 0.1) is 11.7 Å². The third-order valence-corrected chi connectivity index (χ3v) is 12.5. The van der Waals surface area contributed by atoms with Gasteiger partial charge in [-0.25, -0.2) is 9.18 Å². The number of carbonyl (C=O) groups excluding carboxylic acids is 4. The summed E-state index contributed by atoms with van der Waals surface area (Å²) in [6, 6.07) is 10.8. The lowest BCUT2D eigenvalue weighted by Gasteiger charge is -2.40. The van der Waals surface area contributed by atoms with E-state index in [1.54, 1.807) is 24.1 Å². The van der Waals surface area contributed by atoms with E-state index in [1.807, 2.05) is 22.8 Å². The van der Waals surface area contributed by atoms with Gasteiger partial charge in [0, 0.05) is 103 Å². The average molecular weight is 812 g/mol. The zero-order chi connectivity index (χ0) is 41.2. The lowest BCUT2D eigenvalue weighted by molar-refractivity contribution is -0.133. The van der Waals surface area contributed by atoms with Gasteiger partial charge in [0.25, 0.3) is 5.91 Å². The van der Waals surface area contributed by atoms with Gasteiger partial charge < -0.3 is 40.9 Å². The highest BCUT2D eigenvalue weighted by molar-refractivity contribution is 6.01. The zero-order valence-corrected chi connectivity index (χ0v) is 33.8. The van der Waals surface area contributed by atoms with Gasteiger partial charge in [-0.3, -0.25) is 24.6 Å². The predicted octanol–water partition coefficient (Wildman–Crippen LogP) is 2.75. The summed E-state index contributed by atoms with van der Waals surface area (Å²) >= 11 is 0. The molecule has 6 heterocycles. The summed E-state index contributed by atoms with van der Waals surface area (Å²) < 4.78 is 15.7. The molecule has 0 spiro atoms. The number of primary amides is 1. The largest absolute Gasteiger partial charge is 0.373 e. The van der Waals surface area contributed by atoms with Crippen LogP contribution in [0.15, 0.2) is 36.4 Å². The molecule has 0 saturated carbocycles. The van der Waals surface area contributed by atoms with Crippen LogP contribution in [0.3, 0.4) is 0 Å². The van der Waals surface area contributed by atoms with Crippen LogP contribution in [0.1, 0.15) is 54.6 Å². The maximum absolute atomic E-state index is 15.7. The molecular weight excluding hydrogens is 758 g/mol. The Hall–Kier alpha value is -5.78. The number of aromatic nitrogens is 3. The second-order valence-corrected chi connectivity index (χ2v) is 16.5. The Labute approximate surface area is 343 Å². The van der Waals surface area contributed by atoms with Crippen molar-refractivity contribution < 1.29 is 23.6 Å². The Morgan fingerprint density at radius 3 is 2.39 bits per heavy atom. The summed E-state index contributed by atoms with van der Waals surface area (Å²) in [6.45, 7) is 10.7. The molecule has 3 aromatic rings. The van der Waals surface area contributed by atoms with E-state index in [2.05, 4.69) is 58.0 Å². The van der Waals surface area contributed by atoms with E-state index in [1.165, 1.54) is 11.8 Å². The lowest BCUT2D eigenvalue weighted by atomic mass is 9.95. The SMILES string of the molecule is Cc1cc(N2CCC(CN3CCN(c4ccc(Nc5nc(N6CCC[C@@H](N7CCN(C)C7=O)C6)nnc5C(N)=O)cc4F)CC3)CC2)ccc1NC1CCC(=O)NC1=O. The average Bonchev–Trinajstić information content (AvgIpc) is 3.57. The molecule has 17 nitrogen and oxygen atoms in total. The van der Waals surface area contributed by atoms with E-state index in [9.17, 15) is 19.2 Å². The number of urea groups is 1. The summed E-state index contributed by atoms with van der Waals surface area (Å²) in [4.78, 5) is 65.9. The number of amides is 5. The zero-order valence-electron chi connectivity index (χ0n) is 33.8. The molecule has 59 heavy (non-hydrogen) atoms. The Morgan fingerprint density at radius 2 is 1.69 bits per heavy atom. The molecule has 1 unspecified atom stereocenters. The molecule has 5 fully saturated rings. The normalized spacial score (nSPS) is 22.2. The number of nitrogens with one attached hydrogen (secondary N) is 3. The van der Waals surface area contributed by atoms with Crippen LogP contribution >= 0.6 is 0 Å². The second kappa shape index (κ2) is 17.2. The van der Waals surface area contributed by atoms with Gasteiger partial charge in [-0.1, -0.05) is 0 Å². The quantitative estimate of drug-likeness (QED) is 0.207. The summed E-state index contributed by atoms with van der Waals surface area (Å²) in [5.41, 5.74) is 9.57. The Bertz CT molecular complexity index is 2070. The van der Waals surface area contributed by atoms with Crippen LogP contribution in [-0.4, -0.2) is 145 Å². The number of hydrogen-bond acceptors (Lipinski definition) is 13. The smallest absolute Gasteiger partial charge is 0.320 e. The maximum atomic E-state index is 15.7. The van der Waals surface area contributed by atoms with E-state index in [0.717, 1.165) is 69.7 Å². The van der Waals surface area contributed by atoms with Crippen LogP contribution in [0.4, 0.5) is 43.7 Å². The molecule has 0 aliphatic carbocycles. The van der Waals surface area contributed by atoms with Crippen LogP contribution in [-0.2, 0) is 9.59 Å². The number of likely N-dealkylation sites (N-methyl/N-ethyl adjacent to an activating group) is 1. The lowest BCUT2D eigenvalue weighted by Crippen LogP contribution is -2.49. The van der Waals surface area contributed by atoms with Crippen molar-refractivity contribution in [1.82, 2.24) is 35.2 Å². The highest BCUT2D eigenvalue weighted by Gasteiger charge is 2.35. The van der Waals surface area contributed by atoms with Gasteiger partial charge in [-0.05, 0) is 86.9 Å². The number of rotatable bonds is 11. The number of nitrogens with two attached hydrogens (primary N) is 1. The minimum absolute atomic E-state index is 0.0131. The summed E-state index contributed by atoms with van der Waals surface area (Å²) in [6.07, 6.45) is 4.74. The topological polar surface area (TPSA) is 188 Å². The summed E-state index contributed by atoms with van der Waals surface area (Å²) in [5.74, 6) is -0.677. The molecular formula is C41H54FN13O4. The highest BCUT2D eigenvalue weighted by atomic mass is 19.1. The van der Waals surface area contributed by atoms with E-state index in [-0.39, 0.29) is 41.2 Å². The molecule has 5 N–H and O–H groups in total. The molecule has 8 rings (SSSR count). The van der Waals surface area contributed by atoms with Crippen LogP contribution in [0.25, 0.3) is 0 Å². The van der Waals surface area contributed by atoms with Crippen molar-refractivity contribution in [2.24, 2.45) is 11.7 Å². The number of hydrogen-bond donors (Lipinski definition) is 4. The third kappa shape index (κ3) is 8.96. The first kappa shape index (κ1) is 40.0.